The first-order chi connectivity index (χ1) is 10.6. The fraction of sp³-hybridized carbons (Fsp3) is 0.0667. The van der Waals surface area contributed by atoms with Crippen LogP contribution in [0.5, 0.6) is 5.75 Å². The Balaban J connectivity index is 1.82. The third-order valence-corrected chi connectivity index (χ3v) is 2.60. The minimum atomic E-state index is -0.531. The maximum atomic E-state index is 11.5. The van der Waals surface area contributed by atoms with Gasteiger partial charge in [0.25, 0.3) is 11.6 Å². The first-order valence-corrected chi connectivity index (χ1v) is 6.39. The zero-order valence-corrected chi connectivity index (χ0v) is 11.5. The van der Waals surface area contributed by atoms with Crippen molar-refractivity contribution >= 4 is 17.8 Å². The summed E-state index contributed by atoms with van der Waals surface area (Å²) in [5.41, 5.74) is 3.06. The van der Waals surface area contributed by atoms with Crippen LogP contribution in [0.4, 0.5) is 5.69 Å². The lowest BCUT2D eigenvalue weighted by atomic mass is 10.2. The number of nitrogens with one attached hydrogen (secondary N) is 1. The van der Waals surface area contributed by atoms with E-state index in [1.54, 1.807) is 0 Å². The van der Waals surface area contributed by atoms with Gasteiger partial charge in [0.15, 0.2) is 6.61 Å². The van der Waals surface area contributed by atoms with Crippen LogP contribution in [0, 0.1) is 10.1 Å². The lowest BCUT2D eigenvalue weighted by Crippen LogP contribution is -2.24. The molecule has 22 heavy (non-hydrogen) atoms. The Morgan fingerprint density at radius 2 is 2.00 bits per heavy atom. The van der Waals surface area contributed by atoms with Gasteiger partial charge in [-0.3, -0.25) is 14.9 Å². The second kappa shape index (κ2) is 7.53. The summed E-state index contributed by atoms with van der Waals surface area (Å²) in [5, 5.41) is 14.4. The molecule has 0 atom stereocenters. The number of carbonyl (C=O) groups excluding carboxylic acids is 1. The van der Waals surface area contributed by atoms with E-state index in [1.165, 1.54) is 30.5 Å². The average Bonchev–Trinajstić information content (AvgIpc) is 2.54. The molecule has 0 radical (unpaired) electrons. The van der Waals surface area contributed by atoms with Gasteiger partial charge in [0.05, 0.1) is 17.2 Å². The van der Waals surface area contributed by atoms with Gasteiger partial charge in [-0.2, -0.15) is 5.10 Å². The number of nitro benzene ring substituents is 1. The number of benzene rings is 2. The van der Waals surface area contributed by atoms with Gasteiger partial charge in [0.2, 0.25) is 0 Å². The zero-order valence-electron chi connectivity index (χ0n) is 11.5. The topological polar surface area (TPSA) is 93.8 Å². The van der Waals surface area contributed by atoms with Crippen LogP contribution in [0.3, 0.4) is 0 Å². The van der Waals surface area contributed by atoms with E-state index in [1.807, 2.05) is 30.3 Å². The Hall–Kier alpha value is -3.22. The number of rotatable bonds is 6. The molecular weight excluding hydrogens is 286 g/mol. The Kier molecular flexibility index (Phi) is 5.20. The van der Waals surface area contributed by atoms with Crippen molar-refractivity contribution in [2.24, 2.45) is 5.10 Å². The molecule has 112 valence electrons. The van der Waals surface area contributed by atoms with Crippen LogP contribution in [0.25, 0.3) is 0 Å². The number of hydrogen-bond donors (Lipinski definition) is 1. The van der Waals surface area contributed by atoms with Crippen molar-refractivity contribution in [1.29, 1.82) is 0 Å². The highest BCUT2D eigenvalue weighted by Gasteiger charge is 2.07. The molecule has 0 aliphatic heterocycles. The van der Waals surface area contributed by atoms with Crippen molar-refractivity contribution in [2.45, 2.75) is 0 Å². The summed E-state index contributed by atoms with van der Waals surface area (Å²) < 4.78 is 5.17. The highest BCUT2D eigenvalue weighted by atomic mass is 16.6. The summed E-state index contributed by atoms with van der Waals surface area (Å²) in [6.07, 6.45) is 1.51. The van der Waals surface area contributed by atoms with Crippen LogP contribution >= 0.6 is 0 Å². The van der Waals surface area contributed by atoms with Gasteiger partial charge in [0.1, 0.15) is 5.75 Å². The van der Waals surface area contributed by atoms with E-state index in [2.05, 4.69) is 10.5 Å². The van der Waals surface area contributed by atoms with Crippen LogP contribution in [0.1, 0.15) is 5.56 Å². The number of ether oxygens (including phenoxy) is 1. The lowest BCUT2D eigenvalue weighted by molar-refractivity contribution is -0.384. The molecule has 1 N–H and O–H groups in total. The summed E-state index contributed by atoms with van der Waals surface area (Å²) in [6.45, 7) is -0.284. The van der Waals surface area contributed by atoms with Gasteiger partial charge < -0.3 is 4.74 Å². The van der Waals surface area contributed by atoms with Gasteiger partial charge in [-0.15, -0.1) is 0 Å². The number of non-ortho nitro benzene ring substituents is 1. The zero-order chi connectivity index (χ0) is 15.8. The molecule has 0 bridgehead atoms. The maximum absolute atomic E-state index is 11.5. The van der Waals surface area contributed by atoms with E-state index in [4.69, 9.17) is 4.74 Å². The van der Waals surface area contributed by atoms with E-state index >= 15 is 0 Å². The van der Waals surface area contributed by atoms with Crippen molar-refractivity contribution < 1.29 is 14.5 Å². The molecule has 2 aromatic rings. The smallest absolute Gasteiger partial charge is 0.277 e. The molecule has 7 heteroatoms. The van der Waals surface area contributed by atoms with Crippen LogP contribution in [0.15, 0.2) is 59.7 Å². The standard InChI is InChI=1S/C15H13N3O4/c19-15(17-16-10-12-5-2-1-3-6-12)11-22-14-8-4-7-13(9-14)18(20)21/h1-10H,11H2,(H,17,19)/b16-10+. The van der Waals surface area contributed by atoms with Gasteiger partial charge >= 0.3 is 0 Å². The number of amides is 1. The number of nitro groups is 1. The molecule has 2 rings (SSSR count). The molecule has 0 aliphatic carbocycles. The maximum Gasteiger partial charge on any atom is 0.277 e. The van der Waals surface area contributed by atoms with E-state index < -0.39 is 10.8 Å². The average molecular weight is 299 g/mol. The first-order valence-electron chi connectivity index (χ1n) is 6.39. The van der Waals surface area contributed by atoms with Crippen molar-refractivity contribution in [2.75, 3.05) is 6.61 Å². The van der Waals surface area contributed by atoms with E-state index in [0.717, 1.165) is 5.56 Å². The monoisotopic (exact) mass is 299 g/mol. The first kappa shape index (κ1) is 15.2. The normalized spacial score (nSPS) is 10.4. The number of hydrazone groups is 1. The van der Waals surface area contributed by atoms with Gasteiger partial charge in [-0.25, -0.2) is 5.43 Å². The lowest BCUT2D eigenvalue weighted by Gasteiger charge is -2.04. The summed E-state index contributed by atoms with van der Waals surface area (Å²) in [6, 6.07) is 14.9. The van der Waals surface area contributed by atoms with Gasteiger partial charge in [0, 0.05) is 6.07 Å². The molecule has 0 saturated heterocycles. The molecule has 0 aliphatic rings. The third kappa shape index (κ3) is 4.71. The quantitative estimate of drug-likeness (QED) is 0.502. The van der Waals surface area contributed by atoms with Crippen molar-refractivity contribution in [3.05, 3.63) is 70.3 Å². The molecule has 0 spiro atoms. The molecule has 0 unspecified atom stereocenters. The van der Waals surface area contributed by atoms with Crippen LogP contribution in [-0.2, 0) is 4.79 Å². The van der Waals surface area contributed by atoms with E-state index in [9.17, 15) is 14.9 Å². The molecule has 0 saturated carbocycles. The Morgan fingerprint density at radius 3 is 2.73 bits per heavy atom. The Bertz CT molecular complexity index is 686. The van der Waals surface area contributed by atoms with Gasteiger partial charge in [-0.05, 0) is 11.6 Å². The highest BCUT2D eigenvalue weighted by Crippen LogP contribution is 2.18. The largest absolute Gasteiger partial charge is 0.483 e. The summed E-state index contributed by atoms with van der Waals surface area (Å²) in [4.78, 5) is 21.6. The van der Waals surface area contributed by atoms with Crippen LogP contribution in [-0.4, -0.2) is 23.7 Å². The van der Waals surface area contributed by atoms with Gasteiger partial charge in [-0.1, -0.05) is 36.4 Å². The van der Waals surface area contributed by atoms with Crippen molar-refractivity contribution in [1.82, 2.24) is 5.43 Å². The van der Waals surface area contributed by atoms with Crippen LogP contribution < -0.4 is 10.2 Å². The van der Waals surface area contributed by atoms with E-state index in [0.29, 0.717) is 0 Å². The molecule has 1 amide bonds. The second-order valence-corrected chi connectivity index (χ2v) is 4.25. The molecule has 0 aromatic heterocycles. The predicted octanol–water partition coefficient (Wildman–Crippen LogP) is 2.12. The summed E-state index contributed by atoms with van der Waals surface area (Å²) >= 11 is 0. The molecular formula is C15H13N3O4. The van der Waals surface area contributed by atoms with E-state index in [-0.39, 0.29) is 18.0 Å². The molecule has 7 nitrogen and oxygen atoms in total. The minimum Gasteiger partial charge on any atom is -0.483 e. The summed E-state index contributed by atoms with van der Waals surface area (Å²) in [7, 11) is 0. The molecule has 0 fully saturated rings. The highest BCUT2D eigenvalue weighted by molar-refractivity contribution is 5.82. The second-order valence-electron chi connectivity index (χ2n) is 4.25. The predicted molar refractivity (Wildman–Crippen MR) is 80.8 cm³/mol. The summed E-state index contributed by atoms with van der Waals surface area (Å²) in [5.74, 6) is -0.213. The third-order valence-electron chi connectivity index (χ3n) is 2.60. The van der Waals surface area contributed by atoms with Crippen LogP contribution in [0.2, 0.25) is 0 Å². The number of nitrogens with zero attached hydrogens (tertiary/aromatic N) is 2. The van der Waals surface area contributed by atoms with Crippen molar-refractivity contribution in [3.63, 3.8) is 0 Å². The number of hydrogen-bond acceptors (Lipinski definition) is 5. The number of carbonyl (C=O) groups is 1. The SMILES string of the molecule is O=C(COc1cccc([N+](=O)[O-])c1)N/N=C/c1ccccc1. The van der Waals surface area contributed by atoms with Crippen molar-refractivity contribution in [3.8, 4) is 5.75 Å². The molecule has 2 aromatic carbocycles. The minimum absolute atomic E-state index is 0.0972. The Labute approximate surface area is 126 Å². The molecule has 0 heterocycles. The Morgan fingerprint density at radius 1 is 1.23 bits per heavy atom. The fourth-order valence-corrected chi connectivity index (χ4v) is 1.59. The fourth-order valence-electron chi connectivity index (χ4n) is 1.59.